The third kappa shape index (κ3) is 4.08. The molecule has 5 nitrogen and oxygen atoms in total. The number of carbonyl (C=O) groups is 1. The van der Waals surface area contributed by atoms with Gasteiger partial charge >= 0.3 is 0 Å². The summed E-state index contributed by atoms with van der Waals surface area (Å²) >= 11 is 1.71. The van der Waals surface area contributed by atoms with Gasteiger partial charge < -0.3 is 10.1 Å². The largest absolute Gasteiger partial charge is 0.380 e. The molecular weight excluding hydrogens is 358 g/mol. The number of fused-ring (bicyclic) bond motifs is 1. The maximum Gasteiger partial charge on any atom is 0.252 e. The number of aromatic nitrogens is 1. The highest BCUT2D eigenvalue weighted by Crippen LogP contribution is 2.30. The minimum Gasteiger partial charge on any atom is -0.380 e. The van der Waals surface area contributed by atoms with Crippen LogP contribution in [0, 0.1) is 5.41 Å². The molecule has 0 bridgehead atoms. The van der Waals surface area contributed by atoms with Gasteiger partial charge in [-0.3, -0.25) is 14.7 Å². The predicted molar refractivity (Wildman–Crippen MR) is 107 cm³/mol. The fraction of sp³-hybridized carbons (Fsp3) is 0.524. The van der Waals surface area contributed by atoms with E-state index in [1.165, 1.54) is 16.0 Å². The lowest BCUT2D eigenvalue weighted by Gasteiger charge is -2.38. The zero-order valence-corrected chi connectivity index (χ0v) is 16.9. The summed E-state index contributed by atoms with van der Waals surface area (Å²) in [5, 5.41) is 5.13. The Labute approximate surface area is 164 Å². The first kappa shape index (κ1) is 18.6. The number of nitrogens with zero attached hydrogens (tertiary/aromatic N) is 2. The van der Waals surface area contributed by atoms with Crippen LogP contribution in [0.3, 0.4) is 0 Å². The van der Waals surface area contributed by atoms with E-state index in [9.17, 15) is 4.79 Å². The Morgan fingerprint density at radius 3 is 2.93 bits per heavy atom. The van der Waals surface area contributed by atoms with Gasteiger partial charge in [0.05, 0.1) is 24.5 Å². The number of thiophene rings is 1. The number of rotatable bonds is 6. The predicted octanol–water partition coefficient (Wildman–Crippen LogP) is 3.03. The summed E-state index contributed by atoms with van der Waals surface area (Å²) in [6, 6.07) is 4.30. The van der Waals surface area contributed by atoms with Crippen LogP contribution in [0.4, 0.5) is 0 Å². The van der Waals surface area contributed by atoms with Crippen LogP contribution in [0.15, 0.2) is 23.7 Å². The van der Waals surface area contributed by atoms with Crippen molar-refractivity contribution >= 4 is 17.2 Å². The average molecular weight is 386 g/mol. The van der Waals surface area contributed by atoms with Crippen molar-refractivity contribution in [3.63, 3.8) is 0 Å². The van der Waals surface area contributed by atoms with E-state index in [2.05, 4.69) is 41.2 Å². The summed E-state index contributed by atoms with van der Waals surface area (Å²) < 4.78 is 5.27. The van der Waals surface area contributed by atoms with Crippen LogP contribution < -0.4 is 5.32 Å². The Balaban J connectivity index is 1.37. The average Bonchev–Trinajstić information content (AvgIpc) is 3.08. The lowest BCUT2D eigenvalue weighted by atomic mass is 9.88. The summed E-state index contributed by atoms with van der Waals surface area (Å²) in [4.78, 5) is 20.9. The molecule has 2 aliphatic rings. The maximum absolute atomic E-state index is 12.6. The second kappa shape index (κ2) is 7.70. The van der Waals surface area contributed by atoms with Crippen molar-refractivity contribution in [1.29, 1.82) is 0 Å². The molecule has 1 amide bonds. The van der Waals surface area contributed by atoms with Crippen molar-refractivity contribution in [2.75, 3.05) is 26.3 Å². The van der Waals surface area contributed by atoms with Gasteiger partial charge in [-0.2, -0.15) is 0 Å². The van der Waals surface area contributed by atoms with Crippen molar-refractivity contribution in [1.82, 2.24) is 15.2 Å². The molecule has 0 atom stereocenters. The number of hydrogen-bond donors (Lipinski definition) is 1. The molecule has 0 aliphatic carbocycles. The highest BCUT2D eigenvalue weighted by molar-refractivity contribution is 7.10. The molecule has 4 heterocycles. The molecule has 0 saturated carbocycles. The standard InChI is InChI=1S/C21H27N3O2S/c1-3-15-4-5-16(22-8-15)9-24-7-6-17-18(11-27-19(17)10-24)20(25)23-12-21(2)13-26-14-21/h4-5,8,11H,3,6-7,9-10,12-14H2,1-2H3,(H,23,25). The normalized spacial score (nSPS) is 18.6. The smallest absolute Gasteiger partial charge is 0.252 e. The molecule has 2 aliphatic heterocycles. The van der Waals surface area contributed by atoms with Gasteiger partial charge in [-0.25, -0.2) is 0 Å². The van der Waals surface area contributed by atoms with Crippen molar-refractivity contribution in [3.8, 4) is 0 Å². The number of ether oxygens (including phenoxy) is 1. The van der Waals surface area contributed by atoms with E-state index in [0.29, 0.717) is 6.54 Å². The third-order valence-electron chi connectivity index (χ3n) is 5.53. The van der Waals surface area contributed by atoms with E-state index in [1.54, 1.807) is 11.3 Å². The van der Waals surface area contributed by atoms with Crippen molar-refractivity contribution in [2.45, 2.75) is 39.8 Å². The summed E-state index contributed by atoms with van der Waals surface area (Å²) in [7, 11) is 0. The van der Waals surface area contributed by atoms with Crippen LogP contribution in [-0.4, -0.2) is 42.1 Å². The van der Waals surface area contributed by atoms with E-state index in [-0.39, 0.29) is 11.3 Å². The number of nitrogens with one attached hydrogen (secondary N) is 1. The Morgan fingerprint density at radius 1 is 1.41 bits per heavy atom. The molecule has 0 radical (unpaired) electrons. The second-order valence-electron chi connectivity index (χ2n) is 8.01. The van der Waals surface area contributed by atoms with Gasteiger partial charge in [-0.15, -0.1) is 11.3 Å². The fourth-order valence-corrected chi connectivity index (χ4v) is 4.76. The van der Waals surface area contributed by atoms with Gasteiger partial charge in [0, 0.05) is 48.0 Å². The fourth-order valence-electron chi connectivity index (χ4n) is 3.64. The third-order valence-corrected chi connectivity index (χ3v) is 6.54. The Kier molecular flexibility index (Phi) is 5.30. The highest BCUT2D eigenvalue weighted by atomic mass is 32.1. The molecule has 4 rings (SSSR count). The number of carbonyl (C=O) groups excluding carboxylic acids is 1. The first-order chi connectivity index (χ1) is 13.1. The molecule has 6 heteroatoms. The van der Waals surface area contributed by atoms with Gasteiger partial charge in [-0.05, 0) is 30.0 Å². The van der Waals surface area contributed by atoms with Gasteiger partial charge in [0.1, 0.15) is 0 Å². The van der Waals surface area contributed by atoms with Gasteiger partial charge in [-0.1, -0.05) is 19.9 Å². The molecule has 0 unspecified atom stereocenters. The van der Waals surface area contributed by atoms with Gasteiger partial charge in [0.25, 0.3) is 5.91 Å². The van der Waals surface area contributed by atoms with E-state index >= 15 is 0 Å². The number of pyridine rings is 1. The van der Waals surface area contributed by atoms with E-state index < -0.39 is 0 Å². The zero-order chi connectivity index (χ0) is 18.9. The zero-order valence-electron chi connectivity index (χ0n) is 16.1. The van der Waals surface area contributed by atoms with Crippen LogP contribution in [-0.2, 0) is 30.7 Å². The molecule has 2 aromatic heterocycles. The number of aryl methyl sites for hydroxylation is 1. The summed E-state index contributed by atoms with van der Waals surface area (Å²) in [6.07, 6.45) is 3.92. The van der Waals surface area contributed by atoms with Crippen LogP contribution in [0.25, 0.3) is 0 Å². The van der Waals surface area contributed by atoms with Crippen LogP contribution in [0.2, 0.25) is 0 Å². The molecule has 1 fully saturated rings. The second-order valence-corrected chi connectivity index (χ2v) is 8.97. The minimum atomic E-state index is 0.0610. The molecule has 0 aromatic carbocycles. The van der Waals surface area contributed by atoms with Crippen LogP contribution >= 0.6 is 11.3 Å². The van der Waals surface area contributed by atoms with Crippen molar-refractivity contribution in [2.24, 2.45) is 5.41 Å². The summed E-state index contributed by atoms with van der Waals surface area (Å²) in [5.74, 6) is 0.0610. The Bertz CT molecular complexity index is 811. The molecule has 2 aromatic rings. The van der Waals surface area contributed by atoms with Gasteiger partial charge in [0.15, 0.2) is 0 Å². The monoisotopic (exact) mass is 385 g/mol. The topological polar surface area (TPSA) is 54.5 Å². The molecule has 0 spiro atoms. The molecule has 144 valence electrons. The first-order valence-corrected chi connectivity index (χ1v) is 10.6. The Morgan fingerprint density at radius 2 is 2.26 bits per heavy atom. The van der Waals surface area contributed by atoms with Crippen LogP contribution in [0.1, 0.15) is 45.9 Å². The first-order valence-electron chi connectivity index (χ1n) is 9.68. The number of hydrogen-bond acceptors (Lipinski definition) is 5. The van der Waals surface area contributed by atoms with Gasteiger partial charge in [0.2, 0.25) is 0 Å². The van der Waals surface area contributed by atoms with Crippen molar-refractivity contribution < 1.29 is 9.53 Å². The molecule has 27 heavy (non-hydrogen) atoms. The Hall–Kier alpha value is -1.76. The molecule has 1 N–H and O–H groups in total. The minimum absolute atomic E-state index is 0.0610. The lowest BCUT2D eigenvalue weighted by molar-refractivity contribution is -0.0978. The summed E-state index contributed by atoms with van der Waals surface area (Å²) in [5.41, 5.74) is 4.59. The van der Waals surface area contributed by atoms with Crippen molar-refractivity contribution in [3.05, 3.63) is 51.0 Å². The van der Waals surface area contributed by atoms with E-state index in [0.717, 1.165) is 56.9 Å². The molecule has 1 saturated heterocycles. The number of amides is 1. The highest BCUT2D eigenvalue weighted by Gasteiger charge is 2.34. The molecular formula is C21H27N3O2S. The van der Waals surface area contributed by atoms with E-state index in [4.69, 9.17) is 4.74 Å². The SMILES string of the molecule is CCc1ccc(CN2CCc3c(C(=O)NCC4(C)COC4)csc3C2)nc1. The maximum atomic E-state index is 12.6. The summed E-state index contributed by atoms with van der Waals surface area (Å²) in [6.45, 7) is 9.17. The quantitative estimate of drug-likeness (QED) is 0.830. The lowest BCUT2D eigenvalue weighted by Crippen LogP contribution is -2.48. The van der Waals surface area contributed by atoms with E-state index in [1.807, 2.05) is 11.6 Å². The van der Waals surface area contributed by atoms with Crippen LogP contribution in [0.5, 0.6) is 0 Å².